The summed E-state index contributed by atoms with van der Waals surface area (Å²) in [6, 6.07) is 17.5. The number of para-hydroxylation sites is 2. The number of hydrogen-bond donors (Lipinski definition) is 1. The molecule has 0 saturated heterocycles. The number of anilines is 1. The van der Waals surface area contributed by atoms with Gasteiger partial charge < -0.3 is 10.0 Å². The van der Waals surface area contributed by atoms with Gasteiger partial charge in [-0.15, -0.1) is 0 Å². The Hall–Kier alpha value is -3.33. The first-order valence-corrected chi connectivity index (χ1v) is 13.2. The highest BCUT2D eigenvalue weighted by Crippen LogP contribution is 2.47. The number of benzene rings is 2. The van der Waals surface area contributed by atoms with Crippen molar-refractivity contribution in [3.05, 3.63) is 108 Å². The zero-order valence-corrected chi connectivity index (χ0v) is 22.6. The predicted molar refractivity (Wildman–Crippen MR) is 154 cm³/mol. The molecule has 0 fully saturated rings. The largest absolute Gasteiger partial charge is 0.513 e. The first-order chi connectivity index (χ1) is 17.2. The fourth-order valence-electron chi connectivity index (χ4n) is 5.82. The third-order valence-electron chi connectivity index (χ3n) is 7.82. The Morgan fingerprint density at radius 1 is 0.889 bits per heavy atom. The monoisotopic (exact) mass is 481 g/mol. The summed E-state index contributed by atoms with van der Waals surface area (Å²) in [4.78, 5) is 2.48. The zero-order chi connectivity index (χ0) is 25.9. The zero-order valence-electron chi connectivity index (χ0n) is 22.6. The Morgan fingerprint density at radius 3 is 2.31 bits per heavy atom. The summed E-state index contributed by atoms with van der Waals surface area (Å²) < 4.78 is 2.31. The Morgan fingerprint density at radius 2 is 1.58 bits per heavy atom. The van der Waals surface area contributed by atoms with Gasteiger partial charge in [-0.3, -0.25) is 0 Å². The van der Waals surface area contributed by atoms with Crippen molar-refractivity contribution in [3.63, 3.8) is 0 Å². The quantitative estimate of drug-likeness (QED) is 0.169. The van der Waals surface area contributed by atoms with Gasteiger partial charge in [0.25, 0.3) is 0 Å². The highest BCUT2D eigenvalue weighted by Gasteiger charge is 2.42. The molecule has 3 nitrogen and oxygen atoms in total. The predicted octanol–water partition coefficient (Wildman–Crippen LogP) is 8.12. The standard InChI is InChI=1S/C33H40N2O/c1-25(36)17-9-8-16-24-35-29-21-15-13-19-27(29)33(4,5)31(35)23-11-7-10-22-30-32(2,3)26-18-12-14-20-28(26)34(30)6/h7,10-15,18-23H,1,8-9,16-17,24H2,2-6H3/p+1. The van der Waals surface area contributed by atoms with Gasteiger partial charge in [-0.1, -0.05) is 81.5 Å². The number of rotatable bonds is 9. The van der Waals surface area contributed by atoms with Gasteiger partial charge >= 0.3 is 0 Å². The van der Waals surface area contributed by atoms with Gasteiger partial charge in [0.2, 0.25) is 5.69 Å². The molecule has 1 N–H and O–H groups in total. The van der Waals surface area contributed by atoms with Gasteiger partial charge in [-0.25, -0.2) is 0 Å². The second-order valence-electron chi connectivity index (χ2n) is 11.1. The van der Waals surface area contributed by atoms with Crippen molar-refractivity contribution in [2.75, 3.05) is 18.5 Å². The molecule has 2 aliphatic heterocycles. The summed E-state index contributed by atoms with van der Waals surface area (Å²) in [6.07, 6.45) is 14.8. The SMILES string of the molecule is C=C(O)CCCCCN1/C(=C/C=C/C=C/C2=[N+](C)c3ccccc3C2(C)C)C(C)(C)c2ccccc21. The average Bonchev–Trinajstić information content (AvgIpc) is 3.18. The lowest BCUT2D eigenvalue weighted by Gasteiger charge is -2.27. The molecule has 3 heteroatoms. The second-order valence-corrected chi connectivity index (χ2v) is 11.1. The molecule has 0 spiro atoms. The number of hydrogen-bond acceptors (Lipinski definition) is 2. The van der Waals surface area contributed by atoms with Gasteiger partial charge in [-0.05, 0) is 44.4 Å². The van der Waals surface area contributed by atoms with Crippen molar-refractivity contribution in [2.45, 2.75) is 64.2 Å². The molecule has 2 heterocycles. The van der Waals surface area contributed by atoms with Crippen molar-refractivity contribution in [1.82, 2.24) is 0 Å². The van der Waals surface area contributed by atoms with Crippen molar-refractivity contribution in [1.29, 1.82) is 0 Å². The lowest BCUT2D eigenvalue weighted by atomic mass is 9.81. The van der Waals surface area contributed by atoms with E-state index in [-0.39, 0.29) is 16.6 Å². The van der Waals surface area contributed by atoms with Gasteiger partial charge in [0.15, 0.2) is 5.71 Å². The molecule has 4 rings (SSSR count). The van der Waals surface area contributed by atoms with Crippen LogP contribution >= 0.6 is 0 Å². The van der Waals surface area contributed by atoms with E-state index in [0.717, 1.165) is 25.8 Å². The van der Waals surface area contributed by atoms with Crippen LogP contribution in [0.25, 0.3) is 0 Å². The normalized spacial score (nSPS) is 19.0. The van der Waals surface area contributed by atoms with Gasteiger partial charge in [0, 0.05) is 47.5 Å². The molecule has 0 amide bonds. The van der Waals surface area contributed by atoms with Crippen molar-refractivity contribution >= 4 is 17.1 Å². The molecule has 188 valence electrons. The fourth-order valence-corrected chi connectivity index (χ4v) is 5.82. The summed E-state index contributed by atoms with van der Waals surface area (Å²) in [5, 5.41) is 9.37. The van der Waals surface area contributed by atoms with E-state index >= 15 is 0 Å². The Kier molecular flexibility index (Phi) is 7.40. The summed E-state index contributed by atoms with van der Waals surface area (Å²) >= 11 is 0. The Labute approximate surface area is 217 Å². The first kappa shape index (κ1) is 25.8. The molecule has 0 unspecified atom stereocenters. The van der Waals surface area contributed by atoms with Crippen LogP contribution < -0.4 is 4.90 Å². The van der Waals surface area contributed by atoms with E-state index in [1.807, 2.05) is 0 Å². The molecule has 0 saturated carbocycles. The highest BCUT2D eigenvalue weighted by atomic mass is 16.3. The van der Waals surface area contributed by atoms with Crippen molar-refractivity contribution in [2.24, 2.45) is 0 Å². The number of nitrogens with zero attached hydrogens (tertiary/aromatic N) is 2. The molecule has 36 heavy (non-hydrogen) atoms. The number of fused-ring (bicyclic) bond motifs is 2. The lowest BCUT2D eigenvalue weighted by molar-refractivity contribution is -0.401. The summed E-state index contributed by atoms with van der Waals surface area (Å²) in [6.45, 7) is 13.8. The minimum atomic E-state index is -0.0475. The summed E-state index contributed by atoms with van der Waals surface area (Å²) in [5.41, 5.74) is 7.94. The van der Waals surface area contributed by atoms with E-state index in [1.54, 1.807) is 0 Å². The molecule has 0 aliphatic carbocycles. The van der Waals surface area contributed by atoms with E-state index in [4.69, 9.17) is 0 Å². The first-order valence-electron chi connectivity index (χ1n) is 13.2. The molecular formula is C33H41N2O+. The topological polar surface area (TPSA) is 26.5 Å². The van der Waals surface area contributed by atoms with Crippen LogP contribution in [0.3, 0.4) is 0 Å². The third kappa shape index (κ3) is 4.84. The third-order valence-corrected chi connectivity index (χ3v) is 7.82. The maximum Gasteiger partial charge on any atom is 0.209 e. The molecule has 2 aliphatic rings. The lowest BCUT2D eigenvalue weighted by Crippen LogP contribution is -2.27. The van der Waals surface area contributed by atoms with E-state index in [1.165, 1.54) is 33.9 Å². The van der Waals surface area contributed by atoms with Crippen LogP contribution in [0.4, 0.5) is 11.4 Å². The fraction of sp³-hybridized carbons (Fsp3) is 0.364. The smallest absolute Gasteiger partial charge is 0.209 e. The number of aliphatic hydroxyl groups excluding tert-OH is 1. The van der Waals surface area contributed by atoms with E-state index in [9.17, 15) is 5.11 Å². The molecule has 0 aromatic heterocycles. The Bertz CT molecular complexity index is 1260. The van der Waals surface area contributed by atoms with E-state index in [2.05, 4.69) is 130 Å². The van der Waals surface area contributed by atoms with Crippen LogP contribution in [0.5, 0.6) is 0 Å². The summed E-state index contributed by atoms with van der Waals surface area (Å²) in [7, 11) is 2.16. The molecule has 2 aromatic carbocycles. The molecule has 0 radical (unpaired) electrons. The van der Waals surface area contributed by atoms with Gasteiger partial charge in [0.1, 0.15) is 7.05 Å². The second kappa shape index (κ2) is 10.3. The minimum absolute atomic E-state index is 0.0115. The van der Waals surface area contributed by atoms with Crippen LogP contribution in [0.1, 0.15) is 64.5 Å². The van der Waals surface area contributed by atoms with Crippen LogP contribution in [-0.4, -0.2) is 29.0 Å². The van der Waals surface area contributed by atoms with E-state index < -0.39 is 0 Å². The van der Waals surface area contributed by atoms with E-state index in [0.29, 0.717) is 6.42 Å². The van der Waals surface area contributed by atoms with Crippen LogP contribution in [0.2, 0.25) is 0 Å². The van der Waals surface area contributed by atoms with Crippen LogP contribution in [0, 0.1) is 0 Å². The van der Waals surface area contributed by atoms with Crippen LogP contribution in [-0.2, 0) is 10.8 Å². The Balaban J connectivity index is 1.52. The van der Waals surface area contributed by atoms with Gasteiger partial charge in [-0.2, -0.15) is 4.58 Å². The van der Waals surface area contributed by atoms with Crippen molar-refractivity contribution in [3.8, 4) is 0 Å². The highest BCUT2D eigenvalue weighted by molar-refractivity contribution is 6.03. The minimum Gasteiger partial charge on any atom is -0.513 e. The number of unbranched alkanes of at least 4 members (excludes halogenated alkanes) is 2. The number of aliphatic hydroxyl groups is 1. The van der Waals surface area contributed by atoms with Crippen LogP contribution in [0.15, 0.2) is 96.9 Å². The number of allylic oxidation sites excluding steroid dienone is 7. The average molecular weight is 482 g/mol. The maximum atomic E-state index is 9.37. The van der Waals surface area contributed by atoms with Gasteiger partial charge in [0.05, 0.1) is 11.2 Å². The molecule has 0 bridgehead atoms. The summed E-state index contributed by atoms with van der Waals surface area (Å²) in [5.74, 6) is 0.288. The molecule has 0 atom stereocenters. The molecular weight excluding hydrogens is 440 g/mol. The van der Waals surface area contributed by atoms with Crippen molar-refractivity contribution < 1.29 is 9.68 Å². The maximum absolute atomic E-state index is 9.37. The molecule has 2 aromatic rings.